The molecular formula is C16H20N2O2. The highest BCUT2D eigenvalue weighted by Gasteiger charge is 2.17. The van der Waals surface area contributed by atoms with Crippen LogP contribution < -0.4 is 16.0 Å². The molecule has 4 nitrogen and oxygen atoms in total. The van der Waals surface area contributed by atoms with E-state index < -0.39 is 0 Å². The van der Waals surface area contributed by atoms with Gasteiger partial charge >= 0.3 is 0 Å². The molecule has 1 saturated carbocycles. The van der Waals surface area contributed by atoms with Crippen molar-refractivity contribution in [1.29, 1.82) is 0 Å². The molecule has 3 N–H and O–H groups in total. The predicted octanol–water partition coefficient (Wildman–Crippen LogP) is 2.57. The molecule has 0 aliphatic heterocycles. The van der Waals surface area contributed by atoms with Crippen LogP contribution in [0, 0.1) is 0 Å². The summed E-state index contributed by atoms with van der Waals surface area (Å²) in [5.74, 6) is 0.837. The van der Waals surface area contributed by atoms with Crippen LogP contribution in [0.5, 0.6) is 5.75 Å². The van der Waals surface area contributed by atoms with Crippen molar-refractivity contribution in [3.05, 3.63) is 40.8 Å². The van der Waals surface area contributed by atoms with Gasteiger partial charge in [0, 0.05) is 17.6 Å². The van der Waals surface area contributed by atoms with Crippen molar-refractivity contribution in [2.75, 3.05) is 0 Å². The smallest absolute Gasteiger partial charge is 0.255 e. The normalized spacial score (nSPS) is 23.4. The Morgan fingerprint density at radius 2 is 2.05 bits per heavy atom. The molecule has 3 rings (SSSR count). The molecule has 0 saturated heterocycles. The van der Waals surface area contributed by atoms with E-state index in [4.69, 9.17) is 10.5 Å². The molecule has 1 aliphatic carbocycles. The third kappa shape index (κ3) is 2.85. The van der Waals surface area contributed by atoms with Crippen LogP contribution >= 0.6 is 0 Å². The van der Waals surface area contributed by atoms with Crippen LogP contribution in [0.1, 0.15) is 32.1 Å². The number of benzene rings is 1. The molecule has 1 aliphatic rings. The monoisotopic (exact) mass is 272 g/mol. The molecule has 0 spiro atoms. The minimum Gasteiger partial charge on any atom is -0.490 e. The van der Waals surface area contributed by atoms with Crippen molar-refractivity contribution in [2.24, 2.45) is 5.73 Å². The van der Waals surface area contributed by atoms with E-state index in [-0.39, 0.29) is 11.7 Å². The number of nitrogens with one attached hydrogen (secondary N) is 1. The molecule has 4 heteroatoms. The molecular weight excluding hydrogens is 252 g/mol. The third-order valence-electron chi connectivity index (χ3n) is 4.01. The maximum Gasteiger partial charge on any atom is 0.255 e. The van der Waals surface area contributed by atoms with Gasteiger partial charge in [0.1, 0.15) is 5.75 Å². The summed E-state index contributed by atoms with van der Waals surface area (Å²) in [6.07, 6.45) is 7.21. The minimum atomic E-state index is -0.0607. The van der Waals surface area contributed by atoms with Gasteiger partial charge in [-0.2, -0.15) is 0 Å². The lowest BCUT2D eigenvalue weighted by Crippen LogP contribution is -2.20. The minimum absolute atomic E-state index is 0.0607. The van der Waals surface area contributed by atoms with Gasteiger partial charge in [-0.15, -0.1) is 0 Å². The second kappa shape index (κ2) is 5.67. The zero-order valence-corrected chi connectivity index (χ0v) is 11.5. The summed E-state index contributed by atoms with van der Waals surface area (Å²) in [5.41, 5.74) is 5.93. The molecule has 0 amide bonds. The lowest BCUT2D eigenvalue weighted by Gasteiger charge is -2.17. The number of hydrogen-bond acceptors (Lipinski definition) is 3. The first-order valence-corrected chi connectivity index (χ1v) is 7.26. The first-order chi connectivity index (χ1) is 9.72. The Balaban J connectivity index is 1.79. The van der Waals surface area contributed by atoms with E-state index in [9.17, 15) is 4.79 Å². The number of H-pyrrole nitrogens is 1. The molecule has 1 aromatic heterocycles. The Labute approximate surface area is 117 Å². The number of rotatable bonds is 2. The maximum absolute atomic E-state index is 11.7. The average Bonchev–Trinajstić information content (AvgIpc) is 2.64. The maximum atomic E-state index is 11.7. The molecule has 2 atom stereocenters. The van der Waals surface area contributed by atoms with E-state index in [1.807, 2.05) is 24.3 Å². The van der Waals surface area contributed by atoms with E-state index >= 15 is 0 Å². The number of nitrogens with two attached hydrogens (primary N) is 1. The lowest BCUT2D eigenvalue weighted by molar-refractivity contribution is 0.183. The number of hydrogen-bond donors (Lipinski definition) is 2. The van der Waals surface area contributed by atoms with Crippen molar-refractivity contribution < 1.29 is 4.74 Å². The second-order valence-corrected chi connectivity index (χ2v) is 5.56. The number of fused-ring (bicyclic) bond motifs is 1. The van der Waals surface area contributed by atoms with Crippen LogP contribution in [0.2, 0.25) is 0 Å². The first-order valence-electron chi connectivity index (χ1n) is 7.26. The predicted molar refractivity (Wildman–Crippen MR) is 80.0 cm³/mol. The van der Waals surface area contributed by atoms with E-state index in [1.165, 1.54) is 0 Å². The highest BCUT2D eigenvalue weighted by atomic mass is 16.5. The number of ether oxygens (including phenoxy) is 1. The van der Waals surface area contributed by atoms with Crippen molar-refractivity contribution in [1.82, 2.24) is 4.98 Å². The fraction of sp³-hybridized carbons (Fsp3) is 0.438. The zero-order chi connectivity index (χ0) is 13.9. The quantitative estimate of drug-likeness (QED) is 0.826. The largest absolute Gasteiger partial charge is 0.490 e. The van der Waals surface area contributed by atoms with Crippen molar-refractivity contribution in [3.8, 4) is 5.75 Å². The summed E-state index contributed by atoms with van der Waals surface area (Å²) in [6.45, 7) is 0. The van der Waals surface area contributed by atoms with Gasteiger partial charge in [0.05, 0.1) is 6.10 Å². The summed E-state index contributed by atoms with van der Waals surface area (Å²) in [7, 11) is 0. The zero-order valence-electron chi connectivity index (χ0n) is 11.5. The lowest BCUT2D eigenvalue weighted by atomic mass is 10.1. The standard InChI is InChI=1S/C16H20N2O2/c17-12-2-1-3-13(5-4-12)20-14-6-7-15-11(10-14)8-9-18-16(15)19/h6-10,12-13H,1-5,17H2,(H,18,19)/t12-,13+/m1/s1. The number of aromatic nitrogens is 1. The van der Waals surface area contributed by atoms with Gasteiger partial charge < -0.3 is 15.5 Å². The van der Waals surface area contributed by atoms with Crippen LogP contribution in [0.3, 0.4) is 0 Å². The molecule has 2 aromatic rings. The average molecular weight is 272 g/mol. The van der Waals surface area contributed by atoms with E-state index in [1.54, 1.807) is 6.20 Å². The molecule has 0 bridgehead atoms. The van der Waals surface area contributed by atoms with Crippen molar-refractivity contribution in [3.63, 3.8) is 0 Å². The van der Waals surface area contributed by atoms with E-state index in [2.05, 4.69) is 4.98 Å². The summed E-state index contributed by atoms with van der Waals surface area (Å²) >= 11 is 0. The van der Waals surface area contributed by atoms with E-state index in [0.717, 1.165) is 43.2 Å². The van der Waals surface area contributed by atoms with Crippen LogP contribution in [0.25, 0.3) is 10.8 Å². The second-order valence-electron chi connectivity index (χ2n) is 5.56. The van der Waals surface area contributed by atoms with Gasteiger partial charge in [0.25, 0.3) is 5.56 Å². The highest BCUT2D eigenvalue weighted by Crippen LogP contribution is 2.24. The Kier molecular flexibility index (Phi) is 3.74. The van der Waals surface area contributed by atoms with Crippen molar-refractivity contribution >= 4 is 10.8 Å². The van der Waals surface area contributed by atoms with Gasteiger partial charge in [-0.05, 0) is 61.8 Å². The molecule has 106 valence electrons. The van der Waals surface area contributed by atoms with Gasteiger partial charge in [-0.1, -0.05) is 0 Å². The Hall–Kier alpha value is -1.81. The van der Waals surface area contributed by atoms with E-state index in [0.29, 0.717) is 11.4 Å². The van der Waals surface area contributed by atoms with Gasteiger partial charge in [0.2, 0.25) is 0 Å². The number of aromatic amines is 1. The Morgan fingerprint density at radius 1 is 1.15 bits per heavy atom. The number of pyridine rings is 1. The third-order valence-corrected chi connectivity index (χ3v) is 4.01. The Morgan fingerprint density at radius 3 is 2.95 bits per heavy atom. The van der Waals surface area contributed by atoms with Crippen LogP contribution in [-0.4, -0.2) is 17.1 Å². The fourth-order valence-electron chi connectivity index (χ4n) is 2.85. The van der Waals surface area contributed by atoms with Crippen molar-refractivity contribution in [2.45, 2.75) is 44.2 Å². The summed E-state index contributed by atoms with van der Waals surface area (Å²) < 4.78 is 6.06. The summed E-state index contributed by atoms with van der Waals surface area (Å²) in [5, 5.41) is 1.61. The molecule has 20 heavy (non-hydrogen) atoms. The van der Waals surface area contributed by atoms with Gasteiger partial charge in [-0.25, -0.2) is 0 Å². The highest BCUT2D eigenvalue weighted by molar-refractivity contribution is 5.82. The topological polar surface area (TPSA) is 68.1 Å². The van der Waals surface area contributed by atoms with Crippen LogP contribution in [0.15, 0.2) is 35.3 Å². The molecule has 1 heterocycles. The summed E-state index contributed by atoms with van der Waals surface area (Å²) in [4.78, 5) is 14.3. The fourth-order valence-corrected chi connectivity index (χ4v) is 2.85. The first kappa shape index (κ1) is 13.2. The molecule has 1 fully saturated rings. The van der Waals surface area contributed by atoms with Crippen LogP contribution in [-0.2, 0) is 0 Å². The molecule has 0 radical (unpaired) electrons. The Bertz CT molecular complexity index is 650. The van der Waals surface area contributed by atoms with Gasteiger partial charge in [-0.3, -0.25) is 4.79 Å². The van der Waals surface area contributed by atoms with Crippen LogP contribution in [0.4, 0.5) is 0 Å². The SMILES string of the molecule is N[C@@H]1CCC[C@H](Oc2ccc3c(=O)[nH]ccc3c2)CC1. The summed E-state index contributed by atoms with van der Waals surface area (Å²) in [6, 6.07) is 7.86. The van der Waals surface area contributed by atoms with Gasteiger partial charge in [0.15, 0.2) is 0 Å². The molecule has 0 unspecified atom stereocenters. The molecule has 1 aromatic carbocycles.